The van der Waals surface area contributed by atoms with Crippen molar-refractivity contribution in [2.45, 2.75) is 31.9 Å². The Morgan fingerprint density at radius 3 is 2.41 bits per heavy atom. The van der Waals surface area contributed by atoms with Crippen LogP contribution in [0.15, 0.2) is 23.4 Å². The van der Waals surface area contributed by atoms with Crippen LogP contribution in [0, 0.1) is 0 Å². The van der Waals surface area contributed by atoms with Gasteiger partial charge in [-0.3, -0.25) is 5.43 Å². The van der Waals surface area contributed by atoms with Gasteiger partial charge in [-0.05, 0) is 37.8 Å². The molecule has 0 saturated heterocycles. The number of hydrazone groups is 1. The van der Waals surface area contributed by atoms with Gasteiger partial charge in [0.2, 0.25) is 0 Å². The third-order valence-corrected chi connectivity index (χ3v) is 2.60. The van der Waals surface area contributed by atoms with Crippen molar-refractivity contribution < 1.29 is 13.2 Å². The van der Waals surface area contributed by atoms with Crippen LogP contribution in [0.3, 0.4) is 0 Å². The SMILES string of the molecule is FC(F)(F)c1ccc(NN=C2CCCC2)nc1. The minimum atomic E-state index is -4.34. The van der Waals surface area contributed by atoms with Gasteiger partial charge in [0.1, 0.15) is 5.82 Å². The number of nitrogens with zero attached hydrogens (tertiary/aromatic N) is 2. The highest BCUT2D eigenvalue weighted by atomic mass is 19.4. The molecule has 1 aromatic rings. The summed E-state index contributed by atoms with van der Waals surface area (Å²) in [5, 5.41) is 4.11. The summed E-state index contributed by atoms with van der Waals surface area (Å²) in [5.41, 5.74) is 2.97. The summed E-state index contributed by atoms with van der Waals surface area (Å²) >= 11 is 0. The summed E-state index contributed by atoms with van der Waals surface area (Å²) in [4.78, 5) is 3.67. The molecule has 6 heteroatoms. The largest absolute Gasteiger partial charge is 0.417 e. The summed E-state index contributed by atoms with van der Waals surface area (Å²) in [6.45, 7) is 0. The van der Waals surface area contributed by atoms with Gasteiger partial charge in [0, 0.05) is 11.9 Å². The highest BCUT2D eigenvalue weighted by molar-refractivity contribution is 5.86. The van der Waals surface area contributed by atoms with Crippen LogP contribution in [0.2, 0.25) is 0 Å². The molecule has 1 N–H and O–H groups in total. The lowest BCUT2D eigenvalue weighted by molar-refractivity contribution is -0.137. The molecule has 1 aliphatic rings. The minimum absolute atomic E-state index is 0.331. The molecule has 92 valence electrons. The first-order valence-corrected chi connectivity index (χ1v) is 5.40. The van der Waals surface area contributed by atoms with E-state index in [2.05, 4.69) is 15.5 Å². The van der Waals surface area contributed by atoms with Gasteiger partial charge in [0.05, 0.1) is 5.56 Å². The molecule has 0 unspecified atom stereocenters. The average Bonchev–Trinajstić information content (AvgIpc) is 2.78. The molecule has 0 spiro atoms. The Kier molecular flexibility index (Phi) is 3.31. The molecule has 1 fully saturated rings. The van der Waals surface area contributed by atoms with E-state index >= 15 is 0 Å². The smallest absolute Gasteiger partial charge is 0.261 e. The number of halogens is 3. The quantitative estimate of drug-likeness (QED) is 0.808. The average molecular weight is 243 g/mol. The maximum absolute atomic E-state index is 12.3. The lowest BCUT2D eigenvalue weighted by atomic mass is 10.3. The van der Waals surface area contributed by atoms with Crippen molar-refractivity contribution in [2.24, 2.45) is 5.10 Å². The number of pyridine rings is 1. The van der Waals surface area contributed by atoms with Gasteiger partial charge in [-0.15, -0.1) is 0 Å². The number of anilines is 1. The molecule has 0 aromatic carbocycles. The maximum atomic E-state index is 12.3. The first-order chi connectivity index (χ1) is 8.05. The molecule has 1 saturated carbocycles. The summed E-state index contributed by atoms with van der Waals surface area (Å²) in [6, 6.07) is 2.27. The maximum Gasteiger partial charge on any atom is 0.417 e. The second kappa shape index (κ2) is 4.73. The van der Waals surface area contributed by atoms with E-state index in [1.807, 2.05) is 0 Å². The third-order valence-electron chi connectivity index (χ3n) is 2.60. The van der Waals surface area contributed by atoms with Crippen molar-refractivity contribution in [1.29, 1.82) is 0 Å². The number of hydrogen-bond donors (Lipinski definition) is 1. The van der Waals surface area contributed by atoms with Gasteiger partial charge in [-0.25, -0.2) is 4.98 Å². The number of hydrogen-bond acceptors (Lipinski definition) is 3. The lowest BCUT2D eigenvalue weighted by Crippen LogP contribution is -2.06. The molecule has 0 atom stereocenters. The Hall–Kier alpha value is -1.59. The molecule has 2 rings (SSSR count). The van der Waals surface area contributed by atoms with Gasteiger partial charge in [-0.2, -0.15) is 18.3 Å². The second-order valence-electron chi connectivity index (χ2n) is 3.93. The van der Waals surface area contributed by atoms with Crippen molar-refractivity contribution in [3.05, 3.63) is 23.9 Å². The van der Waals surface area contributed by atoms with Crippen molar-refractivity contribution in [1.82, 2.24) is 4.98 Å². The van der Waals surface area contributed by atoms with Crippen LogP contribution < -0.4 is 5.43 Å². The molecule has 3 nitrogen and oxygen atoms in total. The van der Waals surface area contributed by atoms with Crippen LogP contribution in [0.25, 0.3) is 0 Å². The third kappa shape index (κ3) is 3.18. The molecule has 0 radical (unpaired) electrons. The molecule has 0 amide bonds. The molecule has 1 aliphatic carbocycles. The lowest BCUT2D eigenvalue weighted by Gasteiger charge is -2.06. The van der Waals surface area contributed by atoms with Crippen LogP contribution in [0.4, 0.5) is 19.0 Å². The van der Waals surface area contributed by atoms with Crippen LogP contribution in [-0.4, -0.2) is 10.7 Å². The van der Waals surface area contributed by atoms with Crippen LogP contribution >= 0.6 is 0 Å². The monoisotopic (exact) mass is 243 g/mol. The molecule has 1 aromatic heterocycles. The standard InChI is InChI=1S/C11H12F3N3/c12-11(13,14)8-5-6-10(15-7-8)17-16-9-3-1-2-4-9/h5-7H,1-4H2,(H,15,17). The fourth-order valence-electron chi connectivity index (χ4n) is 1.66. The molecule has 0 aliphatic heterocycles. The Morgan fingerprint density at radius 2 is 1.88 bits per heavy atom. The molecule has 1 heterocycles. The second-order valence-corrected chi connectivity index (χ2v) is 3.93. The van der Waals surface area contributed by atoms with E-state index in [0.29, 0.717) is 5.82 Å². The van der Waals surface area contributed by atoms with Crippen molar-refractivity contribution >= 4 is 11.5 Å². The van der Waals surface area contributed by atoms with Crippen molar-refractivity contribution in [3.63, 3.8) is 0 Å². The zero-order chi connectivity index (χ0) is 12.3. The molecule has 0 bridgehead atoms. The van der Waals surface area contributed by atoms with E-state index < -0.39 is 11.7 Å². The van der Waals surface area contributed by atoms with Crippen LogP contribution in [-0.2, 0) is 6.18 Å². The van der Waals surface area contributed by atoms with E-state index in [4.69, 9.17) is 0 Å². The summed E-state index contributed by atoms with van der Waals surface area (Å²) < 4.78 is 36.8. The van der Waals surface area contributed by atoms with Gasteiger partial charge in [0.15, 0.2) is 0 Å². The van der Waals surface area contributed by atoms with Crippen molar-refractivity contribution in [3.8, 4) is 0 Å². The Bertz CT molecular complexity index is 401. The number of aromatic nitrogens is 1. The summed E-state index contributed by atoms with van der Waals surface area (Å²) in [7, 11) is 0. The van der Waals surface area contributed by atoms with Gasteiger partial charge >= 0.3 is 6.18 Å². The van der Waals surface area contributed by atoms with Gasteiger partial charge < -0.3 is 0 Å². The van der Waals surface area contributed by atoms with E-state index in [1.54, 1.807) is 0 Å². The number of nitrogens with one attached hydrogen (secondary N) is 1. The number of rotatable bonds is 2. The van der Waals surface area contributed by atoms with Crippen LogP contribution in [0.5, 0.6) is 0 Å². The van der Waals surface area contributed by atoms with E-state index in [1.165, 1.54) is 6.07 Å². The molecular formula is C11H12F3N3. The fraction of sp³-hybridized carbons (Fsp3) is 0.455. The Balaban J connectivity index is 2.01. The first kappa shape index (κ1) is 11.9. The van der Waals surface area contributed by atoms with Gasteiger partial charge in [0.25, 0.3) is 0 Å². The fourth-order valence-corrected chi connectivity index (χ4v) is 1.66. The van der Waals surface area contributed by atoms with Crippen molar-refractivity contribution in [2.75, 3.05) is 5.43 Å². The zero-order valence-corrected chi connectivity index (χ0v) is 9.09. The predicted octanol–water partition coefficient (Wildman–Crippen LogP) is 3.44. The molecule has 17 heavy (non-hydrogen) atoms. The van der Waals surface area contributed by atoms with E-state index in [-0.39, 0.29) is 0 Å². The van der Waals surface area contributed by atoms with Crippen LogP contribution in [0.1, 0.15) is 31.2 Å². The summed E-state index contributed by atoms with van der Waals surface area (Å²) in [6.07, 6.45) is 0.614. The minimum Gasteiger partial charge on any atom is -0.261 e. The Morgan fingerprint density at radius 1 is 1.18 bits per heavy atom. The first-order valence-electron chi connectivity index (χ1n) is 5.40. The zero-order valence-electron chi connectivity index (χ0n) is 9.09. The van der Waals surface area contributed by atoms with E-state index in [9.17, 15) is 13.2 Å². The molecular weight excluding hydrogens is 231 g/mol. The number of alkyl halides is 3. The predicted molar refractivity (Wildman–Crippen MR) is 58.8 cm³/mol. The van der Waals surface area contributed by atoms with E-state index in [0.717, 1.165) is 43.7 Å². The normalized spacial score (nSPS) is 16.1. The van der Waals surface area contributed by atoms with Gasteiger partial charge in [-0.1, -0.05) is 0 Å². The summed E-state index contributed by atoms with van der Waals surface area (Å²) in [5.74, 6) is 0.331. The Labute approximate surface area is 96.7 Å². The highest BCUT2D eigenvalue weighted by Crippen LogP contribution is 2.28. The highest BCUT2D eigenvalue weighted by Gasteiger charge is 2.30. The topological polar surface area (TPSA) is 37.3 Å².